The third kappa shape index (κ3) is 4.69. The molecule has 0 radical (unpaired) electrons. The summed E-state index contributed by atoms with van der Waals surface area (Å²) < 4.78 is 0. The molecule has 9 heteroatoms. The molecule has 0 bridgehead atoms. The molecule has 9 nitrogen and oxygen atoms in total. The Labute approximate surface area is 168 Å². The van der Waals surface area contributed by atoms with Gasteiger partial charge in [-0.25, -0.2) is 0 Å². The van der Waals surface area contributed by atoms with Crippen LogP contribution in [0.3, 0.4) is 0 Å². The molecule has 2 aromatic carbocycles. The monoisotopic (exact) mass is 397 g/mol. The van der Waals surface area contributed by atoms with Crippen molar-refractivity contribution in [3.63, 3.8) is 0 Å². The van der Waals surface area contributed by atoms with Crippen LogP contribution in [0.5, 0.6) is 0 Å². The average molecular weight is 397 g/mol. The van der Waals surface area contributed by atoms with Crippen LogP contribution >= 0.6 is 0 Å². The first-order chi connectivity index (χ1) is 13.9. The summed E-state index contributed by atoms with van der Waals surface area (Å²) in [5, 5.41) is 14.1. The second-order valence-corrected chi connectivity index (χ2v) is 6.88. The number of nitro benzene ring substituents is 1. The summed E-state index contributed by atoms with van der Waals surface area (Å²) in [6.07, 6.45) is 0. The molecule has 1 fully saturated rings. The fourth-order valence-electron chi connectivity index (χ4n) is 3.37. The van der Waals surface area contributed by atoms with Crippen molar-refractivity contribution in [2.45, 2.75) is 13.0 Å². The minimum atomic E-state index is -0.521. The molecule has 1 saturated heterocycles. The molecule has 0 spiro atoms. The van der Waals surface area contributed by atoms with Gasteiger partial charge in [0.1, 0.15) is 5.69 Å². The van der Waals surface area contributed by atoms with Crippen LogP contribution in [0.1, 0.15) is 17.3 Å². The highest BCUT2D eigenvalue weighted by molar-refractivity contribution is 5.96. The van der Waals surface area contributed by atoms with Gasteiger partial charge in [0.25, 0.3) is 5.69 Å². The van der Waals surface area contributed by atoms with E-state index in [9.17, 15) is 19.7 Å². The van der Waals surface area contributed by atoms with Crippen molar-refractivity contribution in [3.05, 3.63) is 64.2 Å². The molecule has 29 heavy (non-hydrogen) atoms. The SMILES string of the molecule is CC(C(=O)Nc1ccc(C(N)=O)cc1)N1CCN(c2ccccc2[N+](=O)[O-])CC1. The number of nitrogens with two attached hydrogens (primary N) is 1. The number of piperazine rings is 1. The molecule has 2 aromatic rings. The fraction of sp³-hybridized carbons (Fsp3) is 0.300. The van der Waals surface area contributed by atoms with Gasteiger partial charge in [0.05, 0.1) is 11.0 Å². The maximum absolute atomic E-state index is 12.6. The van der Waals surface area contributed by atoms with Crippen LogP contribution in [0.4, 0.5) is 17.1 Å². The van der Waals surface area contributed by atoms with Gasteiger partial charge in [0.2, 0.25) is 11.8 Å². The van der Waals surface area contributed by atoms with Crippen LogP contribution in [0.2, 0.25) is 0 Å². The van der Waals surface area contributed by atoms with E-state index in [4.69, 9.17) is 5.73 Å². The summed E-state index contributed by atoms with van der Waals surface area (Å²) in [4.78, 5) is 38.6. The first kappa shape index (κ1) is 20.3. The molecule has 1 atom stereocenters. The fourth-order valence-corrected chi connectivity index (χ4v) is 3.37. The van der Waals surface area contributed by atoms with E-state index in [1.807, 2.05) is 16.7 Å². The molecule has 3 N–H and O–H groups in total. The highest BCUT2D eigenvalue weighted by Crippen LogP contribution is 2.28. The first-order valence-corrected chi connectivity index (χ1v) is 9.30. The molecule has 0 aromatic heterocycles. The van der Waals surface area contributed by atoms with Gasteiger partial charge in [-0.15, -0.1) is 0 Å². The number of primary amides is 1. The zero-order chi connectivity index (χ0) is 21.0. The minimum absolute atomic E-state index is 0.0890. The molecule has 1 heterocycles. The zero-order valence-electron chi connectivity index (χ0n) is 16.1. The van der Waals surface area contributed by atoms with Gasteiger partial charge in [-0.2, -0.15) is 0 Å². The summed E-state index contributed by atoms with van der Waals surface area (Å²) in [7, 11) is 0. The van der Waals surface area contributed by atoms with E-state index >= 15 is 0 Å². The number of rotatable bonds is 6. The smallest absolute Gasteiger partial charge is 0.292 e. The standard InChI is InChI=1S/C20H23N5O4/c1-14(20(27)22-16-8-6-15(7-9-16)19(21)26)23-10-12-24(13-11-23)17-4-2-3-5-18(17)25(28)29/h2-9,14H,10-13H2,1H3,(H2,21,26)(H,22,27). The number of carbonyl (C=O) groups excluding carboxylic acids is 2. The Balaban J connectivity index is 1.58. The third-order valence-electron chi connectivity index (χ3n) is 5.10. The van der Waals surface area contributed by atoms with E-state index in [-0.39, 0.29) is 22.6 Å². The topological polar surface area (TPSA) is 122 Å². The number of amides is 2. The highest BCUT2D eigenvalue weighted by Gasteiger charge is 2.28. The molecular formula is C20H23N5O4. The Hall–Kier alpha value is -3.46. The predicted molar refractivity (Wildman–Crippen MR) is 110 cm³/mol. The maximum atomic E-state index is 12.6. The molecule has 2 amide bonds. The van der Waals surface area contributed by atoms with E-state index in [0.717, 1.165) is 0 Å². The van der Waals surface area contributed by atoms with Gasteiger partial charge in [-0.3, -0.25) is 24.6 Å². The summed E-state index contributed by atoms with van der Waals surface area (Å²) >= 11 is 0. The minimum Gasteiger partial charge on any atom is -0.366 e. The Morgan fingerprint density at radius 3 is 2.28 bits per heavy atom. The molecular weight excluding hydrogens is 374 g/mol. The van der Waals surface area contributed by atoms with E-state index in [1.54, 1.807) is 42.5 Å². The van der Waals surface area contributed by atoms with Gasteiger partial charge in [-0.1, -0.05) is 12.1 Å². The van der Waals surface area contributed by atoms with Crippen LogP contribution in [0, 0.1) is 10.1 Å². The van der Waals surface area contributed by atoms with Crippen molar-refractivity contribution in [2.24, 2.45) is 5.73 Å². The number of benzene rings is 2. The number of nitrogens with one attached hydrogen (secondary N) is 1. The van der Waals surface area contributed by atoms with Crippen LogP contribution in [-0.2, 0) is 4.79 Å². The molecule has 0 saturated carbocycles. The number of nitrogens with zero attached hydrogens (tertiary/aromatic N) is 3. The summed E-state index contributed by atoms with van der Waals surface area (Å²) in [6.45, 7) is 4.24. The molecule has 1 aliphatic heterocycles. The number of carbonyl (C=O) groups is 2. The molecule has 3 rings (SSSR count). The van der Waals surface area contributed by atoms with Crippen molar-refractivity contribution in [1.82, 2.24) is 4.90 Å². The molecule has 1 aliphatic rings. The van der Waals surface area contributed by atoms with E-state index in [0.29, 0.717) is 43.1 Å². The molecule has 1 unspecified atom stereocenters. The summed E-state index contributed by atoms with van der Waals surface area (Å²) in [6, 6.07) is 12.7. The van der Waals surface area contributed by atoms with Gasteiger partial charge >= 0.3 is 0 Å². The van der Waals surface area contributed by atoms with Crippen molar-refractivity contribution < 1.29 is 14.5 Å². The largest absolute Gasteiger partial charge is 0.366 e. The normalized spacial score (nSPS) is 15.6. The summed E-state index contributed by atoms with van der Waals surface area (Å²) in [5.41, 5.74) is 6.87. The van der Waals surface area contributed by atoms with Crippen LogP contribution in [0.25, 0.3) is 0 Å². The quantitative estimate of drug-likeness (QED) is 0.567. The first-order valence-electron chi connectivity index (χ1n) is 9.30. The lowest BCUT2D eigenvalue weighted by Gasteiger charge is -2.38. The Morgan fingerprint density at radius 2 is 1.69 bits per heavy atom. The predicted octanol–water partition coefficient (Wildman–Crippen LogP) is 1.84. The van der Waals surface area contributed by atoms with Gasteiger partial charge in [0, 0.05) is 43.5 Å². The lowest BCUT2D eigenvalue weighted by molar-refractivity contribution is -0.384. The van der Waals surface area contributed by atoms with E-state index < -0.39 is 5.91 Å². The van der Waals surface area contributed by atoms with Crippen LogP contribution < -0.4 is 16.0 Å². The third-order valence-corrected chi connectivity index (χ3v) is 5.10. The highest BCUT2D eigenvalue weighted by atomic mass is 16.6. The molecule has 0 aliphatic carbocycles. The van der Waals surface area contributed by atoms with Crippen LogP contribution in [0.15, 0.2) is 48.5 Å². The van der Waals surface area contributed by atoms with Gasteiger partial charge in [0.15, 0.2) is 0 Å². The van der Waals surface area contributed by atoms with Crippen molar-refractivity contribution in [3.8, 4) is 0 Å². The lowest BCUT2D eigenvalue weighted by atomic mass is 10.1. The van der Waals surface area contributed by atoms with E-state index in [1.165, 1.54) is 6.07 Å². The molecule has 152 valence electrons. The second-order valence-electron chi connectivity index (χ2n) is 6.88. The number of anilines is 2. The van der Waals surface area contributed by atoms with Crippen molar-refractivity contribution in [1.29, 1.82) is 0 Å². The van der Waals surface area contributed by atoms with E-state index in [2.05, 4.69) is 5.32 Å². The zero-order valence-corrected chi connectivity index (χ0v) is 16.1. The van der Waals surface area contributed by atoms with Crippen molar-refractivity contribution in [2.75, 3.05) is 36.4 Å². The second kappa shape index (κ2) is 8.70. The average Bonchev–Trinajstić information content (AvgIpc) is 2.73. The lowest BCUT2D eigenvalue weighted by Crippen LogP contribution is -2.53. The Bertz CT molecular complexity index is 907. The van der Waals surface area contributed by atoms with Gasteiger partial charge < -0.3 is 16.0 Å². The maximum Gasteiger partial charge on any atom is 0.292 e. The number of nitro groups is 1. The van der Waals surface area contributed by atoms with Gasteiger partial charge in [-0.05, 0) is 37.3 Å². The summed E-state index contributed by atoms with van der Waals surface area (Å²) in [5.74, 6) is -0.677. The van der Waals surface area contributed by atoms with Crippen molar-refractivity contribution >= 4 is 28.9 Å². The Kier molecular flexibility index (Phi) is 6.08. The number of para-hydroxylation sites is 2. The number of hydrogen-bond donors (Lipinski definition) is 2. The number of hydrogen-bond acceptors (Lipinski definition) is 6. The van der Waals surface area contributed by atoms with Crippen LogP contribution in [-0.4, -0.2) is 53.9 Å². The Morgan fingerprint density at radius 1 is 1.07 bits per heavy atom.